The first-order valence-corrected chi connectivity index (χ1v) is 10.5. The molecule has 156 valence electrons. The summed E-state index contributed by atoms with van der Waals surface area (Å²) >= 11 is 6.41. The number of nitrogens with one attached hydrogen (secondary N) is 1. The van der Waals surface area contributed by atoms with E-state index in [-0.39, 0.29) is 19.0 Å². The van der Waals surface area contributed by atoms with Gasteiger partial charge in [0.1, 0.15) is 0 Å². The molecule has 4 saturated carbocycles. The smallest absolute Gasteiger partial charge is 0.255 e. The number of primary amides is 1. The van der Waals surface area contributed by atoms with Gasteiger partial charge in [0.2, 0.25) is 0 Å². The van der Waals surface area contributed by atoms with E-state index in [0.717, 1.165) is 35.8 Å². The first-order valence-electron chi connectivity index (χ1n) is 10.1. The van der Waals surface area contributed by atoms with Crippen molar-refractivity contribution in [1.29, 1.82) is 0 Å². The van der Waals surface area contributed by atoms with E-state index < -0.39 is 5.91 Å². The fourth-order valence-corrected chi connectivity index (χ4v) is 6.05. The van der Waals surface area contributed by atoms with Gasteiger partial charge in [-0.25, -0.2) is 0 Å². The van der Waals surface area contributed by atoms with E-state index in [4.69, 9.17) is 26.8 Å². The fourth-order valence-electron chi connectivity index (χ4n) is 5.76. The summed E-state index contributed by atoms with van der Waals surface area (Å²) in [5.74, 6) is 4.03. The second-order valence-electron chi connectivity index (χ2n) is 8.43. The molecule has 5 nitrogen and oxygen atoms in total. The summed E-state index contributed by atoms with van der Waals surface area (Å²) in [6.07, 6.45) is 7.07. The van der Waals surface area contributed by atoms with E-state index >= 15 is 0 Å². The summed E-state index contributed by atoms with van der Waals surface area (Å²) in [5, 5.41) is 4.27. The molecule has 0 aliphatic heterocycles. The highest BCUT2D eigenvalue weighted by Crippen LogP contribution is 2.53. The Bertz CT molecular complexity index is 685. The Hall–Kier alpha value is -1.17. The van der Waals surface area contributed by atoms with Crippen molar-refractivity contribution in [3.8, 4) is 11.5 Å². The summed E-state index contributed by atoms with van der Waals surface area (Å²) in [4.78, 5) is 11.0. The number of benzene rings is 1. The van der Waals surface area contributed by atoms with Crippen molar-refractivity contribution in [1.82, 2.24) is 5.32 Å². The number of carbonyl (C=O) groups is 1. The van der Waals surface area contributed by atoms with Crippen LogP contribution < -0.4 is 20.5 Å². The first-order chi connectivity index (χ1) is 13.0. The third-order valence-corrected chi connectivity index (χ3v) is 6.78. The topological polar surface area (TPSA) is 73.6 Å². The van der Waals surface area contributed by atoms with Gasteiger partial charge in [-0.2, -0.15) is 0 Å². The summed E-state index contributed by atoms with van der Waals surface area (Å²) in [5.41, 5.74) is 6.25. The third-order valence-electron chi connectivity index (χ3n) is 6.50. The SMILES string of the molecule is CCOc1cc(CNC2C3CC4CC(C3)CC2C4)cc(Cl)c1OCC(N)=O.Cl. The van der Waals surface area contributed by atoms with Crippen LogP contribution in [0.3, 0.4) is 0 Å². The molecule has 4 aliphatic rings. The molecule has 0 heterocycles. The number of amides is 1. The minimum atomic E-state index is -0.541. The van der Waals surface area contributed by atoms with Crippen LogP contribution in [0.1, 0.15) is 44.6 Å². The van der Waals surface area contributed by atoms with Crippen molar-refractivity contribution < 1.29 is 14.3 Å². The van der Waals surface area contributed by atoms with Gasteiger partial charge < -0.3 is 20.5 Å². The van der Waals surface area contributed by atoms with Crippen molar-refractivity contribution in [3.63, 3.8) is 0 Å². The predicted molar refractivity (Wildman–Crippen MR) is 112 cm³/mol. The number of carbonyl (C=O) groups excluding carboxylic acids is 1. The summed E-state index contributed by atoms with van der Waals surface area (Å²) in [6, 6.07) is 4.47. The molecule has 0 unspecified atom stereocenters. The minimum Gasteiger partial charge on any atom is -0.490 e. The lowest BCUT2D eigenvalue weighted by Crippen LogP contribution is -2.54. The third kappa shape index (κ3) is 4.52. The molecule has 0 saturated heterocycles. The molecule has 1 aromatic rings. The van der Waals surface area contributed by atoms with Crippen molar-refractivity contribution in [2.45, 2.75) is 51.6 Å². The van der Waals surface area contributed by atoms with Gasteiger partial charge in [0, 0.05) is 12.6 Å². The maximum atomic E-state index is 11.0. The zero-order valence-corrected chi connectivity index (χ0v) is 17.9. The van der Waals surface area contributed by atoms with Crippen LogP contribution in [0, 0.1) is 23.7 Å². The second kappa shape index (κ2) is 9.10. The highest BCUT2D eigenvalue weighted by atomic mass is 35.5. The Morgan fingerprint density at radius 2 is 1.79 bits per heavy atom. The largest absolute Gasteiger partial charge is 0.490 e. The number of ether oxygens (including phenoxy) is 2. The zero-order chi connectivity index (χ0) is 19.0. The van der Waals surface area contributed by atoms with Gasteiger partial charge in [0.05, 0.1) is 11.6 Å². The normalized spacial score (nSPS) is 30.0. The number of halogens is 2. The van der Waals surface area contributed by atoms with Gasteiger partial charge in [-0.15, -0.1) is 12.4 Å². The Labute approximate surface area is 178 Å². The van der Waals surface area contributed by atoms with Gasteiger partial charge >= 0.3 is 0 Å². The zero-order valence-electron chi connectivity index (χ0n) is 16.3. The molecule has 5 rings (SSSR count). The van der Waals surface area contributed by atoms with Gasteiger partial charge in [0.15, 0.2) is 18.1 Å². The molecule has 1 aromatic carbocycles. The van der Waals surface area contributed by atoms with Gasteiger partial charge in [-0.05, 0) is 80.4 Å². The maximum Gasteiger partial charge on any atom is 0.255 e. The van der Waals surface area contributed by atoms with E-state index in [1.807, 2.05) is 19.1 Å². The average molecular weight is 429 g/mol. The molecule has 0 radical (unpaired) electrons. The van der Waals surface area contributed by atoms with Crippen LogP contribution in [0.25, 0.3) is 0 Å². The van der Waals surface area contributed by atoms with Gasteiger partial charge in [-0.1, -0.05) is 11.6 Å². The molecule has 1 amide bonds. The van der Waals surface area contributed by atoms with Crippen molar-refractivity contribution >= 4 is 29.9 Å². The van der Waals surface area contributed by atoms with Crippen molar-refractivity contribution in [2.75, 3.05) is 13.2 Å². The Balaban J connectivity index is 0.00000225. The molecule has 4 aliphatic carbocycles. The van der Waals surface area contributed by atoms with E-state index in [2.05, 4.69) is 5.32 Å². The van der Waals surface area contributed by atoms with Crippen LogP contribution in [0.4, 0.5) is 0 Å². The standard InChI is InChI=1S/C21H29ClN2O3.ClH/c1-2-26-18-9-14(8-17(22)21(18)27-11-19(23)25)10-24-20-15-4-12-3-13(6-15)7-16(20)5-12;/h8-9,12-13,15-16,20,24H,2-7,10-11H2,1H3,(H2,23,25);1H. The molecule has 0 aromatic heterocycles. The molecule has 28 heavy (non-hydrogen) atoms. The molecule has 7 heteroatoms. The summed E-state index contributed by atoms with van der Waals surface area (Å²) < 4.78 is 11.1. The van der Waals surface area contributed by atoms with Crippen molar-refractivity contribution in [2.24, 2.45) is 29.4 Å². The van der Waals surface area contributed by atoms with Crippen LogP contribution >= 0.6 is 24.0 Å². The molecule has 0 spiro atoms. The van der Waals surface area contributed by atoms with Crippen LogP contribution in [0.2, 0.25) is 5.02 Å². The lowest BCUT2D eigenvalue weighted by atomic mass is 9.54. The number of nitrogens with two attached hydrogens (primary N) is 1. The lowest BCUT2D eigenvalue weighted by Gasteiger charge is -2.54. The van der Waals surface area contributed by atoms with Crippen LogP contribution in [-0.4, -0.2) is 25.2 Å². The van der Waals surface area contributed by atoms with Crippen LogP contribution in [0.15, 0.2) is 12.1 Å². The summed E-state index contributed by atoms with van der Waals surface area (Å²) in [6.45, 7) is 2.95. The maximum absolute atomic E-state index is 11.0. The monoisotopic (exact) mass is 428 g/mol. The Morgan fingerprint density at radius 1 is 1.14 bits per heavy atom. The Kier molecular flexibility index (Phi) is 7.00. The summed E-state index contributed by atoms with van der Waals surface area (Å²) in [7, 11) is 0. The predicted octanol–water partition coefficient (Wildman–Crippen LogP) is 3.94. The fraction of sp³-hybridized carbons (Fsp3) is 0.667. The Morgan fingerprint density at radius 3 is 2.36 bits per heavy atom. The highest BCUT2D eigenvalue weighted by molar-refractivity contribution is 6.32. The molecule has 0 atom stereocenters. The molecule has 4 bridgehead atoms. The lowest BCUT2D eigenvalue weighted by molar-refractivity contribution is -0.119. The number of rotatable bonds is 8. The molecule has 4 fully saturated rings. The average Bonchev–Trinajstić information content (AvgIpc) is 2.60. The second-order valence-corrected chi connectivity index (χ2v) is 8.84. The van der Waals surface area contributed by atoms with Crippen LogP contribution in [-0.2, 0) is 11.3 Å². The van der Waals surface area contributed by atoms with E-state index in [1.165, 1.54) is 32.1 Å². The van der Waals surface area contributed by atoms with Gasteiger partial charge in [0.25, 0.3) is 5.91 Å². The van der Waals surface area contributed by atoms with E-state index in [1.54, 1.807) is 0 Å². The van der Waals surface area contributed by atoms with Crippen molar-refractivity contribution in [3.05, 3.63) is 22.7 Å². The molecular weight excluding hydrogens is 399 g/mol. The highest BCUT2D eigenvalue weighted by Gasteiger charge is 2.47. The first kappa shape index (κ1) is 21.5. The molecule has 3 N–H and O–H groups in total. The van der Waals surface area contributed by atoms with Crippen LogP contribution in [0.5, 0.6) is 11.5 Å². The van der Waals surface area contributed by atoms with E-state index in [0.29, 0.717) is 29.2 Å². The number of hydrogen-bond acceptors (Lipinski definition) is 4. The quantitative estimate of drug-likeness (QED) is 0.657. The number of hydrogen-bond donors (Lipinski definition) is 2. The van der Waals surface area contributed by atoms with Gasteiger partial charge in [-0.3, -0.25) is 4.79 Å². The van der Waals surface area contributed by atoms with E-state index in [9.17, 15) is 4.79 Å². The molecular formula is C21H30Cl2N2O3. The minimum absolute atomic E-state index is 0.